The summed E-state index contributed by atoms with van der Waals surface area (Å²) in [6.07, 6.45) is 4.34. The van der Waals surface area contributed by atoms with Gasteiger partial charge in [0, 0.05) is 6.42 Å². The number of amides is 1. The second-order valence-corrected chi connectivity index (χ2v) is 3.29. The predicted molar refractivity (Wildman–Crippen MR) is 57.1 cm³/mol. The van der Waals surface area contributed by atoms with Crippen LogP contribution in [0.4, 0.5) is 8.78 Å². The third kappa shape index (κ3) is 8.18. The molecule has 0 aliphatic carbocycles. The quantitative estimate of drug-likeness (QED) is 0.510. The van der Waals surface area contributed by atoms with Gasteiger partial charge in [-0.2, -0.15) is 0 Å². The van der Waals surface area contributed by atoms with Crippen molar-refractivity contribution in [2.45, 2.75) is 38.7 Å². The highest BCUT2D eigenvalue weighted by molar-refractivity contribution is 5.76. The molecule has 1 atom stereocenters. The molecule has 1 N–H and O–H groups in total. The molecule has 0 aromatic rings. The number of ether oxygens (including phenoxy) is 1. The van der Waals surface area contributed by atoms with Gasteiger partial charge >= 0.3 is 0 Å². The van der Waals surface area contributed by atoms with E-state index in [0.29, 0.717) is 6.42 Å². The summed E-state index contributed by atoms with van der Waals surface area (Å²) in [6.45, 7) is 1.31. The summed E-state index contributed by atoms with van der Waals surface area (Å²) in [6, 6.07) is -0.285. The first-order valence-corrected chi connectivity index (χ1v) is 5.21. The molecule has 5 heteroatoms. The Morgan fingerprint density at radius 1 is 1.56 bits per heavy atom. The number of carbonyl (C=O) groups excluding carboxylic acids is 1. The molecule has 0 saturated heterocycles. The lowest BCUT2D eigenvalue weighted by Crippen LogP contribution is -2.34. The van der Waals surface area contributed by atoms with Crippen LogP contribution in [-0.2, 0) is 9.53 Å². The molecule has 0 spiro atoms. The Labute approximate surface area is 94.5 Å². The van der Waals surface area contributed by atoms with Crippen molar-refractivity contribution in [3.05, 3.63) is 0 Å². The van der Waals surface area contributed by atoms with Crippen LogP contribution >= 0.6 is 0 Å². The van der Waals surface area contributed by atoms with Gasteiger partial charge in [-0.1, -0.05) is 19.3 Å². The van der Waals surface area contributed by atoms with Gasteiger partial charge in [0.1, 0.15) is 6.61 Å². The van der Waals surface area contributed by atoms with Gasteiger partial charge in [-0.15, -0.1) is 6.42 Å². The summed E-state index contributed by atoms with van der Waals surface area (Å²) in [5.41, 5.74) is 0. The number of rotatable bonds is 8. The highest BCUT2D eigenvalue weighted by Crippen LogP contribution is 1.97. The number of hydrogen-bond donors (Lipinski definition) is 1. The molecule has 1 amide bonds. The monoisotopic (exact) mass is 233 g/mol. The third-order valence-electron chi connectivity index (χ3n) is 1.83. The minimum atomic E-state index is -2.50. The van der Waals surface area contributed by atoms with E-state index in [0.717, 1.165) is 6.42 Å². The SMILES string of the molecule is C#CC(CCC)NC(=O)CCOCC(F)F. The van der Waals surface area contributed by atoms with Crippen molar-refractivity contribution < 1.29 is 18.3 Å². The molecule has 3 nitrogen and oxygen atoms in total. The maximum atomic E-state index is 11.7. The summed E-state index contributed by atoms with van der Waals surface area (Å²) in [7, 11) is 0. The summed E-state index contributed by atoms with van der Waals surface area (Å²) in [5.74, 6) is 2.18. The summed E-state index contributed by atoms with van der Waals surface area (Å²) < 4.78 is 27.9. The summed E-state index contributed by atoms with van der Waals surface area (Å²) >= 11 is 0. The lowest BCUT2D eigenvalue weighted by atomic mass is 10.2. The van der Waals surface area contributed by atoms with Gasteiger partial charge < -0.3 is 10.1 Å². The van der Waals surface area contributed by atoms with Crippen LogP contribution < -0.4 is 5.32 Å². The molecule has 0 rings (SSSR count). The maximum absolute atomic E-state index is 11.7. The lowest BCUT2D eigenvalue weighted by Gasteiger charge is -2.11. The number of terminal acetylenes is 1. The van der Waals surface area contributed by atoms with Gasteiger partial charge in [-0.25, -0.2) is 8.78 Å². The number of carbonyl (C=O) groups is 1. The Hall–Kier alpha value is -1.15. The van der Waals surface area contributed by atoms with Crippen LogP contribution in [0.3, 0.4) is 0 Å². The molecule has 0 aliphatic heterocycles. The van der Waals surface area contributed by atoms with Gasteiger partial charge in [0.15, 0.2) is 0 Å². The molecule has 0 fully saturated rings. The van der Waals surface area contributed by atoms with Crippen molar-refractivity contribution in [3.8, 4) is 12.3 Å². The smallest absolute Gasteiger partial charge is 0.261 e. The fourth-order valence-electron chi connectivity index (χ4n) is 1.09. The van der Waals surface area contributed by atoms with Gasteiger partial charge in [0.25, 0.3) is 6.43 Å². The summed E-state index contributed by atoms with van der Waals surface area (Å²) in [4.78, 5) is 11.3. The van der Waals surface area contributed by atoms with E-state index in [4.69, 9.17) is 6.42 Å². The molecule has 0 bridgehead atoms. The normalized spacial score (nSPS) is 12.2. The van der Waals surface area contributed by atoms with E-state index in [-0.39, 0.29) is 25.0 Å². The van der Waals surface area contributed by atoms with E-state index < -0.39 is 13.0 Å². The molecule has 16 heavy (non-hydrogen) atoms. The molecule has 1 unspecified atom stereocenters. The molecule has 0 aromatic carbocycles. The zero-order chi connectivity index (χ0) is 12.4. The minimum absolute atomic E-state index is 0.0143. The highest BCUT2D eigenvalue weighted by Gasteiger charge is 2.09. The van der Waals surface area contributed by atoms with Gasteiger partial charge in [0.05, 0.1) is 12.6 Å². The Balaban J connectivity index is 3.61. The number of halogens is 2. The molecule has 0 radical (unpaired) electrons. The van der Waals surface area contributed by atoms with Gasteiger partial charge in [-0.05, 0) is 6.42 Å². The second kappa shape index (κ2) is 9.10. The molecule has 0 aromatic heterocycles. The maximum Gasteiger partial charge on any atom is 0.261 e. The Morgan fingerprint density at radius 3 is 2.75 bits per heavy atom. The summed E-state index contributed by atoms with van der Waals surface area (Å²) in [5, 5.41) is 2.61. The molecule has 0 heterocycles. The Morgan fingerprint density at radius 2 is 2.25 bits per heavy atom. The number of nitrogens with one attached hydrogen (secondary N) is 1. The van der Waals surface area contributed by atoms with Crippen LogP contribution in [0.5, 0.6) is 0 Å². The van der Waals surface area contributed by atoms with E-state index in [1.807, 2.05) is 6.92 Å². The van der Waals surface area contributed by atoms with Crippen molar-refractivity contribution >= 4 is 5.91 Å². The van der Waals surface area contributed by atoms with Crippen molar-refractivity contribution in [2.75, 3.05) is 13.2 Å². The fraction of sp³-hybridized carbons (Fsp3) is 0.727. The second-order valence-electron chi connectivity index (χ2n) is 3.29. The van der Waals surface area contributed by atoms with Crippen LogP contribution in [0.2, 0.25) is 0 Å². The van der Waals surface area contributed by atoms with E-state index >= 15 is 0 Å². The number of alkyl halides is 2. The van der Waals surface area contributed by atoms with Crippen LogP contribution in [0.25, 0.3) is 0 Å². The number of hydrogen-bond acceptors (Lipinski definition) is 2. The molecular weight excluding hydrogens is 216 g/mol. The first kappa shape index (κ1) is 14.8. The topological polar surface area (TPSA) is 38.3 Å². The van der Waals surface area contributed by atoms with Crippen molar-refractivity contribution in [3.63, 3.8) is 0 Å². The van der Waals surface area contributed by atoms with Crippen LogP contribution in [0.15, 0.2) is 0 Å². The van der Waals surface area contributed by atoms with E-state index in [1.165, 1.54) is 0 Å². The largest absolute Gasteiger partial charge is 0.375 e. The van der Waals surface area contributed by atoms with Crippen LogP contribution in [0.1, 0.15) is 26.2 Å². The molecular formula is C11H17F2NO2. The zero-order valence-corrected chi connectivity index (χ0v) is 9.34. The molecule has 92 valence electrons. The van der Waals surface area contributed by atoms with Crippen molar-refractivity contribution in [2.24, 2.45) is 0 Å². The van der Waals surface area contributed by atoms with Crippen LogP contribution in [-0.4, -0.2) is 31.6 Å². The van der Waals surface area contributed by atoms with E-state index in [2.05, 4.69) is 16.0 Å². The van der Waals surface area contributed by atoms with Crippen LogP contribution in [0, 0.1) is 12.3 Å². The highest BCUT2D eigenvalue weighted by atomic mass is 19.3. The van der Waals surface area contributed by atoms with Gasteiger partial charge in [0.2, 0.25) is 5.91 Å². The molecule has 0 aliphatic rings. The van der Waals surface area contributed by atoms with Gasteiger partial charge in [-0.3, -0.25) is 4.79 Å². The van der Waals surface area contributed by atoms with E-state index in [1.54, 1.807) is 0 Å². The lowest BCUT2D eigenvalue weighted by molar-refractivity contribution is -0.123. The predicted octanol–water partition coefficient (Wildman–Crippen LogP) is 1.58. The van der Waals surface area contributed by atoms with Crippen molar-refractivity contribution in [1.29, 1.82) is 0 Å². The Kier molecular flexibility index (Phi) is 8.45. The minimum Gasteiger partial charge on any atom is -0.375 e. The first-order valence-electron chi connectivity index (χ1n) is 5.21. The zero-order valence-electron chi connectivity index (χ0n) is 9.34. The first-order chi connectivity index (χ1) is 7.60. The molecule has 0 saturated carbocycles. The standard InChI is InChI=1S/C11H17F2NO2/c1-3-5-9(4-2)14-11(15)6-7-16-8-10(12)13/h2,9-10H,3,5-8H2,1H3,(H,14,15). The Bertz CT molecular complexity index is 239. The average molecular weight is 233 g/mol. The fourth-order valence-corrected chi connectivity index (χ4v) is 1.09. The van der Waals surface area contributed by atoms with E-state index in [9.17, 15) is 13.6 Å². The average Bonchev–Trinajstić information content (AvgIpc) is 2.23. The third-order valence-corrected chi connectivity index (χ3v) is 1.83. The van der Waals surface area contributed by atoms with Crippen molar-refractivity contribution in [1.82, 2.24) is 5.32 Å².